The zero-order valence-electron chi connectivity index (χ0n) is 18.5. The molecular weight excluding hydrogens is 443 g/mol. The summed E-state index contributed by atoms with van der Waals surface area (Å²) in [6.07, 6.45) is 0.657. The van der Waals surface area contributed by atoms with Crippen LogP contribution in [0.5, 0.6) is 0 Å². The minimum Gasteiger partial charge on any atom is -0.350 e. The van der Waals surface area contributed by atoms with E-state index in [0.29, 0.717) is 32.6 Å². The van der Waals surface area contributed by atoms with Crippen molar-refractivity contribution in [2.24, 2.45) is 0 Å². The standard InChI is InChI=1S/C22H32F3N3O3S/c1-2-16-32(30,31)28-14-12-27(13-15-28)21(10-6-3-7-11-21)17-26-20(29)18-8-4-5-9-19(18)22(23,24)25/h4-5,8-9H,2-3,6-7,10-17H2,1H3,(H,26,29). The van der Waals surface area contributed by atoms with Gasteiger partial charge in [0.15, 0.2) is 0 Å². The number of benzene rings is 1. The first kappa shape index (κ1) is 25.0. The molecule has 0 atom stereocenters. The van der Waals surface area contributed by atoms with Gasteiger partial charge in [0.05, 0.1) is 16.9 Å². The molecule has 1 heterocycles. The van der Waals surface area contributed by atoms with E-state index in [1.165, 1.54) is 22.5 Å². The van der Waals surface area contributed by atoms with Crippen LogP contribution in [0.25, 0.3) is 0 Å². The van der Waals surface area contributed by atoms with Crippen LogP contribution in [0.3, 0.4) is 0 Å². The Morgan fingerprint density at radius 3 is 2.28 bits per heavy atom. The smallest absolute Gasteiger partial charge is 0.350 e. The Morgan fingerprint density at radius 2 is 1.69 bits per heavy atom. The summed E-state index contributed by atoms with van der Waals surface area (Å²) in [6, 6.07) is 4.81. The number of sulfonamides is 1. The van der Waals surface area contributed by atoms with Gasteiger partial charge < -0.3 is 5.32 Å². The average Bonchev–Trinajstić information content (AvgIpc) is 2.77. The third-order valence-electron chi connectivity index (χ3n) is 6.60. The molecule has 32 heavy (non-hydrogen) atoms. The first-order valence-electron chi connectivity index (χ1n) is 11.3. The summed E-state index contributed by atoms with van der Waals surface area (Å²) in [4.78, 5) is 15.0. The van der Waals surface area contributed by atoms with Gasteiger partial charge in [0.25, 0.3) is 5.91 Å². The Balaban J connectivity index is 1.71. The Bertz CT molecular complexity index is 891. The van der Waals surface area contributed by atoms with Gasteiger partial charge in [-0.05, 0) is 31.4 Å². The van der Waals surface area contributed by atoms with E-state index in [-0.39, 0.29) is 23.4 Å². The molecule has 0 spiro atoms. The van der Waals surface area contributed by atoms with Crippen molar-refractivity contribution >= 4 is 15.9 Å². The highest BCUT2D eigenvalue weighted by Gasteiger charge is 2.41. The van der Waals surface area contributed by atoms with Gasteiger partial charge >= 0.3 is 6.18 Å². The van der Waals surface area contributed by atoms with Crippen LogP contribution in [0.4, 0.5) is 13.2 Å². The molecule has 6 nitrogen and oxygen atoms in total. The lowest BCUT2D eigenvalue weighted by Gasteiger charge is -2.49. The van der Waals surface area contributed by atoms with Crippen molar-refractivity contribution in [1.82, 2.24) is 14.5 Å². The molecule has 1 N–H and O–H groups in total. The zero-order chi connectivity index (χ0) is 23.4. The number of carbonyl (C=O) groups excluding carboxylic acids is 1. The van der Waals surface area contributed by atoms with Crippen LogP contribution in [-0.4, -0.2) is 67.5 Å². The van der Waals surface area contributed by atoms with E-state index < -0.39 is 27.7 Å². The largest absolute Gasteiger partial charge is 0.417 e. The fourth-order valence-electron chi connectivity index (χ4n) is 4.91. The van der Waals surface area contributed by atoms with Gasteiger partial charge in [-0.2, -0.15) is 17.5 Å². The summed E-state index contributed by atoms with van der Waals surface area (Å²) >= 11 is 0. The van der Waals surface area contributed by atoms with Crippen molar-refractivity contribution in [1.29, 1.82) is 0 Å². The lowest BCUT2D eigenvalue weighted by molar-refractivity contribution is -0.137. The minimum atomic E-state index is -4.60. The molecule has 2 aliphatic rings. The van der Waals surface area contributed by atoms with Crippen LogP contribution < -0.4 is 5.32 Å². The summed E-state index contributed by atoms with van der Waals surface area (Å²) in [6.45, 7) is 3.99. The topological polar surface area (TPSA) is 69.7 Å². The van der Waals surface area contributed by atoms with Gasteiger partial charge in [0.1, 0.15) is 0 Å². The van der Waals surface area contributed by atoms with Gasteiger partial charge in [-0.25, -0.2) is 8.42 Å². The number of rotatable bonds is 7. The molecule has 1 amide bonds. The molecule has 0 aromatic heterocycles. The maximum atomic E-state index is 13.3. The van der Waals surface area contributed by atoms with Crippen LogP contribution in [-0.2, 0) is 16.2 Å². The zero-order valence-corrected chi connectivity index (χ0v) is 19.3. The second-order valence-corrected chi connectivity index (χ2v) is 10.8. The predicted molar refractivity (Wildman–Crippen MR) is 117 cm³/mol. The van der Waals surface area contributed by atoms with Crippen molar-refractivity contribution in [3.05, 3.63) is 35.4 Å². The molecule has 1 aromatic carbocycles. The van der Waals surface area contributed by atoms with Crippen LogP contribution in [0.15, 0.2) is 24.3 Å². The third kappa shape index (κ3) is 5.63. The summed E-state index contributed by atoms with van der Waals surface area (Å²) in [7, 11) is -3.26. The van der Waals surface area contributed by atoms with E-state index in [2.05, 4.69) is 10.2 Å². The van der Waals surface area contributed by atoms with Crippen molar-refractivity contribution in [2.45, 2.75) is 57.2 Å². The number of piperazine rings is 1. The molecule has 3 rings (SSSR count). The van der Waals surface area contributed by atoms with Gasteiger partial charge in [-0.15, -0.1) is 0 Å². The van der Waals surface area contributed by atoms with Crippen molar-refractivity contribution in [3.63, 3.8) is 0 Å². The maximum absolute atomic E-state index is 13.3. The summed E-state index contributed by atoms with van der Waals surface area (Å²) < 4.78 is 66.3. The monoisotopic (exact) mass is 475 g/mol. The van der Waals surface area contributed by atoms with Gasteiger partial charge in [0, 0.05) is 38.3 Å². The number of hydrogen-bond acceptors (Lipinski definition) is 4. The van der Waals surface area contributed by atoms with Crippen LogP contribution in [0, 0.1) is 0 Å². The lowest BCUT2D eigenvalue weighted by Crippen LogP contribution is -2.62. The quantitative estimate of drug-likeness (QED) is 0.656. The highest BCUT2D eigenvalue weighted by Crippen LogP contribution is 2.35. The fraction of sp³-hybridized carbons (Fsp3) is 0.682. The van der Waals surface area contributed by atoms with Crippen molar-refractivity contribution in [2.75, 3.05) is 38.5 Å². The average molecular weight is 476 g/mol. The molecule has 0 bridgehead atoms. The van der Waals surface area contributed by atoms with E-state index in [1.807, 2.05) is 6.92 Å². The van der Waals surface area contributed by atoms with Crippen LogP contribution >= 0.6 is 0 Å². The number of nitrogens with zero attached hydrogens (tertiary/aromatic N) is 2. The molecule has 0 radical (unpaired) electrons. The normalized spacial score (nSPS) is 20.8. The van der Waals surface area contributed by atoms with E-state index in [4.69, 9.17) is 0 Å². The number of nitrogens with one attached hydrogen (secondary N) is 1. The molecule has 10 heteroatoms. The molecule has 2 fully saturated rings. The van der Waals surface area contributed by atoms with E-state index in [0.717, 1.165) is 38.2 Å². The first-order chi connectivity index (χ1) is 15.1. The number of amides is 1. The van der Waals surface area contributed by atoms with Crippen LogP contribution in [0.2, 0.25) is 0 Å². The minimum absolute atomic E-state index is 0.132. The number of alkyl halides is 3. The Morgan fingerprint density at radius 1 is 1.06 bits per heavy atom. The molecular formula is C22H32F3N3O3S. The van der Waals surface area contributed by atoms with E-state index in [9.17, 15) is 26.4 Å². The highest BCUT2D eigenvalue weighted by atomic mass is 32.2. The second-order valence-electron chi connectivity index (χ2n) is 8.71. The fourth-order valence-corrected chi connectivity index (χ4v) is 6.40. The van der Waals surface area contributed by atoms with Crippen molar-refractivity contribution in [3.8, 4) is 0 Å². The summed E-state index contributed by atoms with van der Waals surface area (Å²) in [5, 5.41) is 2.77. The predicted octanol–water partition coefficient (Wildman–Crippen LogP) is 3.50. The summed E-state index contributed by atoms with van der Waals surface area (Å²) in [5.74, 6) is -0.598. The van der Waals surface area contributed by atoms with Gasteiger partial charge in [-0.1, -0.05) is 38.3 Å². The van der Waals surface area contributed by atoms with Gasteiger partial charge in [0.2, 0.25) is 10.0 Å². The molecule has 180 valence electrons. The number of halogens is 3. The molecule has 1 aliphatic carbocycles. The van der Waals surface area contributed by atoms with E-state index >= 15 is 0 Å². The van der Waals surface area contributed by atoms with E-state index in [1.54, 1.807) is 0 Å². The highest BCUT2D eigenvalue weighted by molar-refractivity contribution is 7.89. The Labute approximate surface area is 188 Å². The third-order valence-corrected chi connectivity index (χ3v) is 8.68. The Kier molecular flexibility index (Phi) is 7.88. The molecule has 1 aliphatic heterocycles. The summed E-state index contributed by atoms with van der Waals surface area (Å²) in [5.41, 5.74) is -1.67. The molecule has 0 unspecified atom stereocenters. The number of hydrogen-bond donors (Lipinski definition) is 1. The van der Waals surface area contributed by atoms with Gasteiger partial charge in [-0.3, -0.25) is 9.69 Å². The number of carbonyl (C=O) groups is 1. The maximum Gasteiger partial charge on any atom is 0.417 e. The van der Waals surface area contributed by atoms with Crippen molar-refractivity contribution < 1.29 is 26.4 Å². The second kappa shape index (κ2) is 10.1. The molecule has 1 saturated heterocycles. The Hall–Kier alpha value is -1.65. The molecule has 1 saturated carbocycles. The lowest BCUT2D eigenvalue weighted by atomic mass is 9.79. The first-order valence-corrected chi connectivity index (χ1v) is 12.9. The molecule has 1 aromatic rings. The SMILES string of the molecule is CCCS(=O)(=O)N1CCN(C2(CNC(=O)c3ccccc3C(F)(F)F)CCCCC2)CC1. The van der Waals surface area contributed by atoms with Crippen LogP contribution in [0.1, 0.15) is 61.4 Å².